The molecule has 4 heteroatoms. The van der Waals surface area contributed by atoms with Crippen molar-refractivity contribution in [3.63, 3.8) is 0 Å². The highest BCUT2D eigenvalue weighted by molar-refractivity contribution is 7.80. The van der Waals surface area contributed by atoms with Gasteiger partial charge in [-0.2, -0.15) is 0 Å². The van der Waals surface area contributed by atoms with Gasteiger partial charge in [-0.25, -0.2) is 0 Å². The molecule has 100 valence electrons. The molecular weight excluding hydrogens is 256 g/mol. The van der Waals surface area contributed by atoms with Crippen LogP contribution >= 0.6 is 12.2 Å². The van der Waals surface area contributed by atoms with E-state index in [1.54, 1.807) is 0 Å². The summed E-state index contributed by atoms with van der Waals surface area (Å²) in [6.07, 6.45) is 3.93. The van der Waals surface area contributed by atoms with E-state index in [1.165, 1.54) is 11.1 Å². The number of carbonyl (C=O) groups is 1. The Morgan fingerprint density at radius 1 is 1.32 bits per heavy atom. The fourth-order valence-electron chi connectivity index (χ4n) is 3.17. The number of nitrogens with zero attached hydrogens (tertiary/aromatic N) is 1. The Kier molecular flexibility index (Phi) is 3.27. The lowest BCUT2D eigenvalue weighted by atomic mass is 9.76. The van der Waals surface area contributed by atoms with Gasteiger partial charge >= 0.3 is 0 Å². The SMILES string of the molecule is NC(=S)C1CCCCN1C(=O)C1Cc2ccccc21. The molecule has 0 aromatic heterocycles. The van der Waals surface area contributed by atoms with Crippen LogP contribution in [0.5, 0.6) is 0 Å². The van der Waals surface area contributed by atoms with Crippen LogP contribution in [0.2, 0.25) is 0 Å². The summed E-state index contributed by atoms with van der Waals surface area (Å²) in [5.74, 6) is 0.224. The molecule has 2 atom stereocenters. The Labute approximate surface area is 118 Å². The summed E-state index contributed by atoms with van der Waals surface area (Å²) in [6, 6.07) is 8.14. The van der Waals surface area contributed by atoms with Gasteiger partial charge in [0.05, 0.1) is 16.9 Å². The average Bonchev–Trinajstić information content (AvgIpc) is 2.40. The van der Waals surface area contributed by atoms with E-state index in [2.05, 4.69) is 12.1 Å². The summed E-state index contributed by atoms with van der Waals surface area (Å²) < 4.78 is 0. The van der Waals surface area contributed by atoms with Gasteiger partial charge in [0.2, 0.25) is 5.91 Å². The van der Waals surface area contributed by atoms with Crippen LogP contribution in [-0.4, -0.2) is 28.4 Å². The number of amides is 1. The molecule has 0 bridgehead atoms. The molecule has 0 radical (unpaired) electrons. The normalized spacial score (nSPS) is 25.4. The number of hydrogen-bond acceptors (Lipinski definition) is 2. The van der Waals surface area contributed by atoms with E-state index < -0.39 is 0 Å². The highest BCUT2D eigenvalue weighted by Gasteiger charge is 2.38. The number of piperidine rings is 1. The molecule has 1 aliphatic carbocycles. The summed E-state index contributed by atoms with van der Waals surface area (Å²) in [5, 5.41) is 0. The van der Waals surface area contributed by atoms with E-state index in [1.807, 2.05) is 17.0 Å². The van der Waals surface area contributed by atoms with Crippen molar-refractivity contribution in [1.29, 1.82) is 0 Å². The Morgan fingerprint density at radius 2 is 2.11 bits per heavy atom. The topological polar surface area (TPSA) is 46.3 Å². The lowest BCUT2D eigenvalue weighted by molar-refractivity contribution is -0.135. The van der Waals surface area contributed by atoms with Crippen LogP contribution in [0.4, 0.5) is 0 Å². The number of carbonyl (C=O) groups excluding carboxylic acids is 1. The third-order valence-electron chi connectivity index (χ3n) is 4.27. The van der Waals surface area contributed by atoms with E-state index in [0.717, 1.165) is 32.2 Å². The van der Waals surface area contributed by atoms with Gasteiger partial charge in [-0.3, -0.25) is 4.79 Å². The van der Waals surface area contributed by atoms with Crippen molar-refractivity contribution in [2.75, 3.05) is 6.54 Å². The molecule has 1 aromatic rings. The lowest BCUT2D eigenvalue weighted by Gasteiger charge is -2.40. The molecule has 0 saturated carbocycles. The van der Waals surface area contributed by atoms with Gasteiger partial charge in [0.25, 0.3) is 0 Å². The maximum atomic E-state index is 12.7. The molecule has 1 saturated heterocycles. The number of fused-ring (bicyclic) bond motifs is 1. The van der Waals surface area contributed by atoms with E-state index >= 15 is 0 Å². The molecule has 1 aromatic carbocycles. The number of hydrogen-bond donors (Lipinski definition) is 1. The van der Waals surface area contributed by atoms with Crippen molar-refractivity contribution < 1.29 is 4.79 Å². The fourth-order valence-corrected chi connectivity index (χ4v) is 3.42. The monoisotopic (exact) mass is 274 g/mol. The van der Waals surface area contributed by atoms with Crippen molar-refractivity contribution in [3.05, 3.63) is 35.4 Å². The largest absolute Gasteiger partial charge is 0.392 e. The van der Waals surface area contributed by atoms with Crippen molar-refractivity contribution in [3.8, 4) is 0 Å². The lowest BCUT2D eigenvalue weighted by Crippen LogP contribution is -2.52. The number of rotatable bonds is 2. The second-order valence-corrected chi connectivity index (χ2v) is 5.87. The van der Waals surface area contributed by atoms with Gasteiger partial charge in [0, 0.05) is 6.54 Å². The van der Waals surface area contributed by atoms with Crippen LogP contribution < -0.4 is 5.73 Å². The Bertz CT molecular complexity index is 529. The predicted molar refractivity (Wildman–Crippen MR) is 79.0 cm³/mol. The third-order valence-corrected chi connectivity index (χ3v) is 4.54. The zero-order valence-electron chi connectivity index (χ0n) is 10.8. The zero-order chi connectivity index (χ0) is 13.4. The van der Waals surface area contributed by atoms with Crippen LogP contribution in [0.15, 0.2) is 24.3 Å². The van der Waals surface area contributed by atoms with Crippen LogP contribution in [-0.2, 0) is 11.2 Å². The number of benzene rings is 1. The van der Waals surface area contributed by atoms with E-state index in [9.17, 15) is 4.79 Å². The van der Waals surface area contributed by atoms with Crippen LogP contribution in [0, 0.1) is 0 Å². The fraction of sp³-hybridized carbons (Fsp3) is 0.467. The standard InChI is InChI=1S/C15H18N2OS/c16-14(19)13-7-3-4-8-17(13)15(18)12-9-10-5-1-2-6-11(10)12/h1-2,5-6,12-13H,3-4,7-9H2,(H2,16,19). The number of likely N-dealkylation sites (tertiary alicyclic amines) is 1. The first kappa shape index (κ1) is 12.6. The summed E-state index contributed by atoms with van der Waals surface area (Å²) in [7, 11) is 0. The van der Waals surface area contributed by atoms with Crippen molar-refractivity contribution in [2.24, 2.45) is 5.73 Å². The first-order chi connectivity index (χ1) is 9.18. The van der Waals surface area contributed by atoms with Crippen LogP contribution in [0.1, 0.15) is 36.3 Å². The quantitative estimate of drug-likeness (QED) is 0.839. The predicted octanol–water partition coefficient (Wildman–Crippen LogP) is 1.99. The second-order valence-electron chi connectivity index (χ2n) is 5.40. The van der Waals surface area contributed by atoms with Gasteiger partial charge < -0.3 is 10.6 Å². The first-order valence-electron chi connectivity index (χ1n) is 6.86. The molecular formula is C15H18N2OS. The maximum absolute atomic E-state index is 12.7. The van der Waals surface area contributed by atoms with Gasteiger partial charge in [0.15, 0.2) is 0 Å². The molecule has 1 amide bonds. The molecule has 2 aliphatic rings. The summed E-state index contributed by atoms with van der Waals surface area (Å²) >= 11 is 5.11. The molecule has 2 unspecified atom stereocenters. The molecule has 0 spiro atoms. The van der Waals surface area contributed by atoms with Gasteiger partial charge in [-0.1, -0.05) is 36.5 Å². The average molecular weight is 274 g/mol. The molecule has 2 N–H and O–H groups in total. The molecule has 3 rings (SSSR count). The number of thiocarbonyl (C=S) groups is 1. The van der Waals surface area contributed by atoms with Crippen LogP contribution in [0.3, 0.4) is 0 Å². The summed E-state index contributed by atoms with van der Waals surface area (Å²) in [5.41, 5.74) is 8.26. The van der Waals surface area contributed by atoms with Gasteiger partial charge in [-0.05, 0) is 36.8 Å². The third kappa shape index (κ3) is 2.14. The maximum Gasteiger partial charge on any atom is 0.231 e. The highest BCUT2D eigenvalue weighted by atomic mass is 32.1. The molecule has 1 heterocycles. The first-order valence-corrected chi connectivity index (χ1v) is 7.27. The smallest absolute Gasteiger partial charge is 0.231 e. The van der Waals surface area contributed by atoms with Crippen molar-refractivity contribution in [1.82, 2.24) is 4.90 Å². The number of nitrogens with two attached hydrogens (primary N) is 1. The van der Waals surface area contributed by atoms with Gasteiger partial charge in [0.1, 0.15) is 0 Å². The minimum absolute atomic E-state index is 0.0196. The van der Waals surface area contributed by atoms with E-state index in [4.69, 9.17) is 18.0 Å². The molecule has 1 fully saturated rings. The Balaban J connectivity index is 1.79. The van der Waals surface area contributed by atoms with Gasteiger partial charge in [-0.15, -0.1) is 0 Å². The summed E-state index contributed by atoms with van der Waals surface area (Å²) in [4.78, 5) is 15.0. The summed E-state index contributed by atoms with van der Waals surface area (Å²) in [6.45, 7) is 0.791. The minimum Gasteiger partial charge on any atom is -0.392 e. The molecule has 1 aliphatic heterocycles. The minimum atomic E-state index is -0.0380. The molecule has 19 heavy (non-hydrogen) atoms. The Hall–Kier alpha value is -1.42. The highest BCUT2D eigenvalue weighted by Crippen LogP contribution is 2.37. The van der Waals surface area contributed by atoms with E-state index in [-0.39, 0.29) is 17.9 Å². The van der Waals surface area contributed by atoms with Crippen LogP contribution in [0.25, 0.3) is 0 Å². The zero-order valence-corrected chi connectivity index (χ0v) is 11.7. The van der Waals surface area contributed by atoms with E-state index in [0.29, 0.717) is 4.99 Å². The second kappa shape index (κ2) is 4.93. The Morgan fingerprint density at radius 3 is 2.84 bits per heavy atom. The van der Waals surface area contributed by atoms with Crippen molar-refractivity contribution in [2.45, 2.75) is 37.6 Å². The van der Waals surface area contributed by atoms with Crippen molar-refractivity contribution >= 4 is 23.1 Å². The molecule has 3 nitrogen and oxygen atoms in total.